The number of nitrogens with one attached hydrogen (secondary N) is 2. The highest BCUT2D eigenvalue weighted by Crippen LogP contribution is 2.28. The van der Waals surface area contributed by atoms with E-state index >= 15 is 0 Å². The second-order valence-electron chi connectivity index (χ2n) is 6.35. The maximum Gasteiger partial charge on any atom is 0.0531 e. The van der Waals surface area contributed by atoms with Crippen LogP contribution in [0.2, 0.25) is 0 Å². The average molecular weight is 228 g/mol. The van der Waals surface area contributed by atoms with Gasteiger partial charge < -0.3 is 15.4 Å². The highest BCUT2D eigenvalue weighted by molar-refractivity contribution is 4.87. The van der Waals surface area contributed by atoms with Crippen LogP contribution in [0.15, 0.2) is 0 Å². The molecule has 0 saturated carbocycles. The second-order valence-corrected chi connectivity index (χ2v) is 6.35. The Labute approximate surface area is 100 Å². The first kappa shape index (κ1) is 13.9. The monoisotopic (exact) mass is 228 g/mol. The molecule has 3 nitrogen and oxygen atoms in total. The van der Waals surface area contributed by atoms with E-state index in [1.54, 1.807) is 0 Å². The molecule has 0 aromatic carbocycles. The highest BCUT2D eigenvalue weighted by Gasteiger charge is 2.31. The van der Waals surface area contributed by atoms with Gasteiger partial charge in [-0.25, -0.2) is 0 Å². The summed E-state index contributed by atoms with van der Waals surface area (Å²) in [4.78, 5) is 0. The zero-order chi connectivity index (χ0) is 12.1. The minimum absolute atomic E-state index is 0.352. The summed E-state index contributed by atoms with van der Waals surface area (Å²) < 4.78 is 5.40. The molecular weight excluding hydrogens is 200 g/mol. The van der Waals surface area contributed by atoms with Crippen LogP contribution in [0.4, 0.5) is 0 Å². The van der Waals surface area contributed by atoms with Crippen LogP contribution < -0.4 is 10.6 Å². The molecular formula is C13H28N2O. The molecule has 1 heterocycles. The van der Waals surface area contributed by atoms with Crippen molar-refractivity contribution < 1.29 is 4.74 Å². The van der Waals surface area contributed by atoms with Crippen LogP contribution >= 0.6 is 0 Å². The smallest absolute Gasteiger partial charge is 0.0531 e. The van der Waals surface area contributed by atoms with Crippen LogP contribution in [-0.4, -0.2) is 39.9 Å². The van der Waals surface area contributed by atoms with E-state index < -0.39 is 0 Å². The third-order valence-corrected chi connectivity index (χ3v) is 3.27. The maximum atomic E-state index is 5.40. The van der Waals surface area contributed by atoms with Gasteiger partial charge in [0.1, 0.15) is 0 Å². The summed E-state index contributed by atoms with van der Waals surface area (Å²) in [5.41, 5.74) is 0.715. The number of rotatable bonds is 5. The fourth-order valence-electron chi connectivity index (χ4n) is 2.34. The molecule has 0 unspecified atom stereocenters. The number of hydrogen-bond acceptors (Lipinski definition) is 3. The zero-order valence-electron chi connectivity index (χ0n) is 11.4. The molecule has 1 fully saturated rings. The molecule has 16 heavy (non-hydrogen) atoms. The molecule has 1 aliphatic heterocycles. The lowest BCUT2D eigenvalue weighted by Crippen LogP contribution is -2.47. The van der Waals surface area contributed by atoms with E-state index in [-0.39, 0.29) is 0 Å². The Morgan fingerprint density at radius 2 is 1.88 bits per heavy atom. The van der Waals surface area contributed by atoms with Crippen molar-refractivity contribution in [1.82, 2.24) is 10.6 Å². The molecule has 0 aliphatic carbocycles. The molecule has 3 heteroatoms. The molecule has 0 aromatic heterocycles. The molecule has 1 rings (SSSR count). The van der Waals surface area contributed by atoms with Crippen LogP contribution in [-0.2, 0) is 4.74 Å². The molecule has 2 N–H and O–H groups in total. The van der Waals surface area contributed by atoms with Gasteiger partial charge in [-0.2, -0.15) is 0 Å². The quantitative estimate of drug-likeness (QED) is 0.750. The third-order valence-electron chi connectivity index (χ3n) is 3.27. The van der Waals surface area contributed by atoms with Gasteiger partial charge in [0, 0.05) is 25.6 Å². The lowest BCUT2D eigenvalue weighted by Gasteiger charge is -2.38. The molecule has 0 atom stereocenters. The largest absolute Gasteiger partial charge is 0.384 e. The van der Waals surface area contributed by atoms with Gasteiger partial charge in [0.2, 0.25) is 0 Å². The summed E-state index contributed by atoms with van der Waals surface area (Å²) in [5, 5.41) is 7.03. The van der Waals surface area contributed by atoms with Crippen molar-refractivity contribution >= 4 is 0 Å². The predicted molar refractivity (Wildman–Crippen MR) is 68.7 cm³/mol. The Morgan fingerprint density at radius 3 is 2.38 bits per heavy atom. The Hall–Kier alpha value is -0.120. The average Bonchev–Trinajstić information content (AvgIpc) is 2.17. The molecule has 96 valence electrons. The van der Waals surface area contributed by atoms with Gasteiger partial charge in [-0.1, -0.05) is 20.8 Å². The summed E-state index contributed by atoms with van der Waals surface area (Å²) in [6, 6.07) is 0. The van der Waals surface area contributed by atoms with Gasteiger partial charge in [0.15, 0.2) is 0 Å². The van der Waals surface area contributed by atoms with E-state index in [1.807, 2.05) is 7.11 Å². The van der Waals surface area contributed by atoms with E-state index in [4.69, 9.17) is 4.74 Å². The van der Waals surface area contributed by atoms with Gasteiger partial charge in [0.05, 0.1) is 6.61 Å². The lowest BCUT2D eigenvalue weighted by atomic mass is 9.79. The van der Waals surface area contributed by atoms with Crippen LogP contribution in [0.5, 0.6) is 0 Å². The van der Waals surface area contributed by atoms with Crippen LogP contribution in [0, 0.1) is 10.8 Å². The third kappa shape index (κ3) is 4.81. The van der Waals surface area contributed by atoms with E-state index in [9.17, 15) is 0 Å². The van der Waals surface area contributed by atoms with Gasteiger partial charge in [-0.05, 0) is 31.3 Å². The Morgan fingerprint density at radius 1 is 1.25 bits per heavy atom. The molecule has 0 bridgehead atoms. The maximum absolute atomic E-state index is 5.40. The number of piperidine rings is 1. The van der Waals surface area contributed by atoms with Crippen molar-refractivity contribution in [3.8, 4) is 0 Å². The van der Waals surface area contributed by atoms with E-state index in [0.717, 1.165) is 32.8 Å². The van der Waals surface area contributed by atoms with Crippen LogP contribution in [0.1, 0.15) is 33.6 Å². The van der Waals surface area contributed by atoms with E-state index in [0.29, 0.717) is 10.8 Å². The van der Waals surface area contributed by atoms with Gasteiger partial charge in [-0.3, -0.25) is 0 Å². The van der Waals surface area contributed by atoms with Crippen molar-refractivity contribution in [1.29, 1.82) is 0 Å². The molecule has 0 spiro atoms. The van der Waals surface area contributed by atoms with Gasteiger partial charge in [-0.15, -0.1) is 0 Å². The molecule has 0 amide bonds. The fourth-order valence-corrected chi connectivity index (χ4v) is 2.34. The van der Waals surface area contributed by atoms with Crippen molar-refractivity contribution in [2.45, 2.75) is 33.6 Å². The molecule has 1 saturated heterocycles. The Balaban J connectivity index is 2.38. The minimum atomic E-state index is 0.352. The van der Waals surface area contributed by atoms with E-state index in [2.05, 4.69) is 31.4 Å². The number of methoxy groups -OCH3 is 1. The highest BCUT2D eigenvalue weighted by atomic mass is 16.5. The molecule has 1 aliphatic rings. The summed E-state index contributed by atoms with van der Waals surface area (Å²) in [6.07, 6.45) is 2.44. The SMILES string of the molecule is COCC1(CNCC(C)(C)C)CCNCC1. The second kappa shape index (κ2) is 5.99. The van der Waals surface area contributed by atoms with Crippen molar-refractivity contribution in [3.63, 3.8) is 0 Å². The topological polar surface area (TPSA) is 33.3 Å². The van der Waals surface area contributed by atoms with Gasteiger partial charge >= 0.3 is 0 Å². The lowest BCUT2D eigenvalue weighted by molar-refractivity contribution is 0.0521. The van der Waals surface area contributed by atoms with Gasteiger partial charge in [0.25, 0.3) is 0 Å². The van der Waals surface area contributed by atoms with Crippen LogP contribution in [0.3, 0.4) is 0 Å². The number of ether oxygens (including phenoxy) is 1. The van der Waals surface area contributed by atoms with Crippen molar-refractivity contribution in [2.24, 2.45) is 10.8 Å². The first-order valence-electron chi connectivity index (χ1n) is 6.38. The predicted octanol–water partition coefficient (Wildman–Crippen LogP) is 1.64. The zero-order valence-corrected chi connectivity index (χ0v) is 11.4. The summed E-state index contributed by atoms with van der Waals surface area (Å²) >= 11 is 0. The fraction of sp³-hybridized carbons (Fsp3) is 1.00. The van der Waals surface area contributed by atoms with E-state index in [1.165, 1.54) is 12.8 Å². The first-order chi connectivity index (χ1) is 7.47. The normalized spacial score (nSPS) is 21.0. The standard InChI is InChI=1S/C13H28N2O/c1-12(2,3)9-15-10-13(11-16-4)5-7-14-8-6-13/h14-15H,5-11H2,1-4H3. The summed E-state index contributed by atoms with van der Waals surface area (Å²) in [5.74, 6) is 0. The van der Waals surface area contributed by atoms with Crippen LogP contribution in [0.25, 0.3) is 0 Å². The number of hydrogen-bond donors (Lipinski definition) is 2. The minimum Gasteiger partial charge on any atom is -0.384 e. The summed E-state index contributed by atoms with van der Waals surface area (Å²) in [6.45, 7) is 12.1. The first-order valence-corrected chi connectivity index (χ1v) is 6.38. The van der Waals surface area contributed by atoms with Crippen molar-refractivity contribution in [3.05, 3.63) is 0 Å². The molecule has 0 radical (unpaired) electrons. The summed E-state index contributed by atoms with van der Waals surface area (Å²) in [7, 11) is 1.81. The Bertz CT molecular complexity index is 187. The molecule has 0 aromatic rings. The van der Waals surface area contributed by atoms with Crippen molar-refractivity contribution in [2.75, 3.05) is 39.9 Å². The Kier molecular flexibility index (Phi) is 5.22.